The number of piperazine rings is 1. The first-order valence-corrected chi connectivity index (χ1v) is 11.6. The van der Waals surface area contributed by atoms with Gasteiger partial charge in [0.1, 0.15) is 5.82 Å². The fraction of sp³-hybridized carbons (Fsp3) is 0.440. The third-order valence-electron chi connectivity index (χ3n) is 6.01. The molecule has 1 saturated heterocycles. The quantitative estimate of drug-likeness (QED) is 0.234. The maximum absolute atomic E-state index is 4.81. The second kappa shape index (κ2) is 12.2. The predicted molar refractivity (Wildman–Crippen MR) is 149 cm³/mol. The van der Waals surface area contributed by atoms with Crippen LogP contribution in [-0.2, 0) is 13.0 Å². The number of fused-ring (bicyclic) bond motifs is 1. The lowest BCUT2D eigenvalue weighted by atomic mass is 10.1. The summed E-state index contributed by atoms with van der Waals surface area (Å²) < 4.78 is 0. The van der Waals surface area contributed by atoms with Crippen LogP contribution in [0.3, 0.4) is 0 Å². The Morgan fingerprint density at radius 1 is 1.12 bits per heavy atom. The number of pyridine rings is 1. The van der Waals surface area contributed by atoms with Gasteiger partial charge in [-0.15, -0.1) is 24.0 Å². The Labute approximate surface area is 214 Å². The Kier molecular flexibility index (Phi) is 9.37. The predicted octanol–water partition coefficient (Wildman–Crippen LogP) is 3.54. The first-order chi connectivity index (χ1) is 15.6. The number of rotatable bonds is 7. The molecular weight excluding hydrogens is 525 g/mol. The van der Waals surface area contributed by atoms with Crippen LogP contribution >= 0.6 is 24.0 Å². The number of aryl methyl sites for hydroxylation is 1. The second-order valence-corrected chi connectivity index (χ2v) is 8.55. The molecule has 3 heterocycles. The third-order valence-corrected chi connectivity index (χ3v) is 6.01. The molecule has 1 aliphatic rings. The van der Waals surface area contributed by atoms with Gasteiger partial charge in [-0.2, -0.15) is 0 Å². The highest BCUT2D eigenvalue weighted by atomic mass is 127. The van der Waals surface area contributed by atoms with Gasteiger partial charge in [-0.3, -0.25) is 0 Å². The fourth-order valence-electron chi connectivity index (χ4n) is 4.10. The molecule has 1 aromatic carbocycles. The second-order valence-electron chi connectivity index (χ2n) is 8.55. The van der Waals surface area contributed by atoms with Gasteiger partial charge in [0.25, 0.3) is 0 Å². The van der Waals surface area contributed by atoms with Gasteiger partial charge in [0.05, 0.1) is 6.54 Å². The Morgan fingerprint density at radius 2 is 1.94 bits per heavy atom. The summed E-state index contributed by atoms with van der Waals surface area (Å²) in [6, 6.07) is 10.8. The summed E-state index contributed by atoms with van der Waals surface area (Å²) in [5.41, 5.74) is 4.99. The monoisotopic (exact) mass is 561 g/mol. The van der Waals surface area contributed by atoms with Crippen LogP contribution in [0.2, 0.25) is 0 Å². The standard InChI is InChI=1S/C25H35N7.HI/c1-4-26-25(28-10-8-21-18-29-23-15-19(2)5-6-22(21)23)30-17-20-7-9-27-24(16-20)32-13-11-31(3)12-14-32;/h5-7,9,15-16,18,29H,4,8,10-14,17H2,1-3H3,(H2,26,28,30);1H. The van der Waals surface area contributed by atoms with E-state index in [4.69, 9.17) is 4.99 Å². The van der Waals surface area contributed by atoms with Gasteiger partial charge in [0, 0.05) is 62.6 Å². The van der Waals surface area contributed by atoms with Crippen molar-refractivity contribution in [1.82, 2.24) is 25.5 Å². The summed E-state index contributed by atoms with van der Waals surface area (Å²) in [5, 5.41) is 8.14. The van der Waals surface area contributed by atoms with E-state index in [1.807, 2.05) is 6.20 Å². The van der Waals surface area contributed by atoms with Crippen LogP contribution in [0.1, 0.15) is 23.6 Å². The molecule has 0 atom stereocenters. The molecule has 0 amide bonds. The molecule has 0 bridgehead atoms. The minimum atomic E-state index is 0. The smallest absolute Gasteiger partial charge is 0.191 e. The Bertz CT molecular complexity index is 1050. The zero-order valence-corrected chi connectivity index (χ0v) is 22.2. The molecule has 0 saturated carbocycles. The zero-order chi connectivity index (χ0) is 22.3. The molecule has 3 N–H and O–H groups in total. The van der Waals surface area contributed by atoms with E-state index in [2.05, 4.69) is 87.8 Å². The molecule has 0 unspecified atom stereocenters. The SMILES string of the molecule is CCNC(=NCc1ccnc(N2CCN(C)CC2)c1)NCCc1c[nH]c2cc(C)ccc12.I. The molecular formula is C25H36IN7. The Hall–Kier alpha value is -2.33. The van der Waals surface area contributed by atoms with Crippen molar-refractivity contribution >= 4 is 46.7 Å². The van der Waals surface area contributed by atoms with Crippen LogP contribution in [0.4, 0.5) is 5.82 Å². The summed E-state index contributed by atoms with van der Waals surface area (Å²) in [6.45, 7) is 10.7. The van der Waals surface area contributed by atoms with Crippen LogP contribution in [-0.4, -0.2) is 67.1 Å². The van der Waals surface area contributed by atoms with Crippen molar-refractivity contribution < 1.29 is 0 Å². The number of aromatic amines is 1. The van der Waals surface area contributed by atoms with Crippen molar-refractivity contribution in [2.45, 2.75) is 26.8 Å². The lowest BCUT2D eigenvalue weighted by Crippen LogP contribution is -2.44. The van der Waals surface area contributed by atoms with Gasteiger partial charge in [0.2, 0.25) is 0 Å². The normalized spacial score (nSPS) is 14.9. The van der Waals surface area contributed by atoms with E-state index in [-0.39, 0.29) is 24.0 Å². The van der Waals surface area contributed by atoms with Gasteiger partial charge < -0.3 is 25.4 Å². The molecule has 1 aliphatic heterocycles. The minimum Gasteiger partial charge on any atom is -0.361 e. The molecule has 7 nitrogen and oxygen atoms in total. The summed E-state index contributed by atoms with van der Waals surface area (Å²) >= 11 is 0. The van der Waals surface area contributed by atoms with Crippen molar-refractivity contribution in [3.63, 3.8) is 0 Å². The van der Waals surface area contributed by atoms with Gasteiger partial charge in [-0.25, -0.2) is 9.98 Å². The molecule has 2 aromatic heterocycles. The zero-order valence-electron chi connectivity index (χ0n) is 19.9. The van der Waals surface area contributed by atoms with E-state index in [0.29, 0.717) is 6.54 Å². The van der Waals surface area contributed by atoms with E-state index in [1.165, 1.54) is 27.6 Å². The van der Waals surface area contributed by atoms with Gasteiger partial charge in [-0.1, -0.05) is 12.1 Å². The molecule has 0 spiro atoms. The largest absolute Gasteiger partial charge is 0.361 e. The van der Waals surface area contributed by atoms with Crippen molar-refractivity contribution in [3.05, 3.63) is 59.4 Å². The van der Waals surface area contributed by atoms with Crippen LogP contribution in [0.15, 0.2) is 47.7 Å². The number of aromatic nitrogens is 2. The summed E-state index contributed by atoms with van der Waals surface area (Å²) in [6.07, 6.45) is 4.96. The first kappa shape index (κ1) is 25.3. The van der Waals surface area contributed by atoms with Crippen molar-refractivity contribution in [1.29, 1.82) is 0 Å². The first-order valence-electron chi connectivity index (χ1n) is 11.6. The molecule has 178 valence electrons. The Morgan fingerprint density at radius 3 is 2.73 bits per heavy atom. The lowest BCUT2D eigenvalue weighted by molar-refractivity contribution is 0.312. The van der Waals surface area contributed by atoms with E-state index in [9.17, 15) is 0 Å². The number of H-pyrrole nitrogens is 1. The van der Waals surface area contributed by atoms with E-state index < -0.39 is 0 Å². The van der Waals surface area contributed by atoms with Gasteiger partial charge in [-0.05, 0) is 62.2 Å². The summed E-state index contributed by atoms with van der Waals surface area (Å²) in [7, 11) is 2.17. The van der Waals surface area contributed by atoms with E-state index >= 15 is 0 Å². The van der Waals surface area contributed by atoms with Gasteiger partial charge >= 0.3 is 0 Å². The van der Waals surface area contributed by atoms with Crippen molar-refractivity contribution in [3.8, 4) is 0 Å². The molecule has 0 radical (unpaired) electrons. The lowest BCUT2D eigenvalue weighted by Gasteiger charge is -2.33. The number of guanidine groups is 1. The number of likely N-dealkylation sites (N-methyl/N-ethyl adjacent to an activating group) is 1. The molecule has 4 rings (SSSR count). The molecule has 1 fully saturated rings. The number of anilines is 1. The third kappa shape index (κ3) is 6.83. The highest BCUT2D eigenvalue weighted by Gasteiger charge is 2.15. The summed E-state index contributed by atoms with van der Waals surface area (Å²) in [5.74, 6) is 1.90. The number of nitrogens with zero attached hydrogens (tertiary/aromatic N) is 4. The molecule has 8 heteroatoms. The van der Waals surface area contributed by atoms with Gasteiger partial charge in [0.15, 0.2) is 5.96 Å². The number of halogens is 1. The van der Waals surface area contributed by atoms with E-state index in [0.717, 1.165) is 57.5 Å². The van der Waals surface area contributed by atoms with Crippen LogP contribution < -0.4 is 15.5 Å². The average molecular weight is 562 g/mol. The molecule has 33 heavy (non-hydrogen) atoms. The Balaban J connectivity index is 0.00000306. The number of hydrogen-bond acceptors (Lipinski definition) is 4. The average Bonchev–Trinajstić information content (AvgIpc) is 3.20. The number of nitrogens with one attached hydrogen (secondary N) is 3. The van der Waals surface area contributed by atoms with Crippen LogP contribution in [0.25, 0.3) is 10.9 Å². The number of aliphatic imine (C=N–C) groups is 1. The minimum absolute atomic E-state index is 0. The maximum Gasteiger partial charge on any atom is 0.191 e. The van der Waals surface area contributed by atoms with Crippen LogP contribution in [0, 0.1) is 6.92 Å². The van der Waals surface area contributed by atoms with Crippen molar-refractivity contribution in [2.75, 3.05) is 51.2 Å². The maximum atomic E-state index is 4.81. The van der Waals surface area contributed by atoms with E-state index in [1.54, 1.807) is 0 Å². The van der Waals surface area contributed by atoms with Crippen molar-refractivity contribution in [2.24, 2.45) is 4.99 Å². The summed E-state index contributed by atoms with van der Waals surface area (Å²) in [4.78, 5) is 17.5. The molecule has 0 aliphatic carbocycles. The number of benzene rings is 1. The fourth-order valence-corrected chi connectivity index (χ4v) is 4.10. The highest BCUT2D eigenvalue weighted by molar-refractivity contribution is 14.0. The highest BCUT2D eigenvalue weighted by Crippen LogP contribution is 2.19. The molecule has 3 aromatic rings. The topological polar surface area (TPSA) is 71.6 Å². The number of hydrogen-bond donors (Lipinski definition) is 3. The van der Waals surface area contributed by atoms with Crippen LogP contribution in [0.5, 0.6) is 0 Å².